The van der Waals surface area contributed by atoms with Gasteiger partial charge in [-0.05, 0) is 48.4 Å². The molecule has 0 saturated carbocycles. The van der Waals surface area contributed by atoms with Crippen molar-refractivity contribution in [3.8, 4) is 0 Å². The molecule has 6 nitrogen and oxygen atoms in total. The molecule has 154 valence electrons. The molecule has 0 unspecified atom stereocenters. The van der Waals surface area contributed by atoms with Gasteiger partial charge in [-0.25, -0.2) is 0 Å². The van der Waals surface area contributed by atoms with Crippen molar-refractivity contribution in [2.45, 2.75) is 32.7 Å². The van der Waals surface area contributed by atoms with Crippen LogP contribution in [0, 0.1) is 5.92 Å². The number of nitrogens with zero attached hydrogens (tertiary/aromatic N) is 2. The highest BCUT2D eigenvalue weighted by Gasteiger charge is 2.20. The SMILES string of the molecule is C[C@H]1CCc2sc(C(=O)NNC(=O)/C=C/c3cnn(Cc4ccccc4)c3)cc2C1. The largest absolute Gasteiger partial charge is 0.279 e. The first-order valence-corrected chi connectivity index (χ1v) is 10.8. The van der Waals surface area contributed by atoms with Crippen LogP contribution in [0.5, 0.6) is 0 Å². The molecule has 7 heteroatoms. The first kappa shape index (κ1) is 20.1. The summed E-state index contributed by atoms with van der Waals surface area (Å²) in [6.07, 6.45) is 9.83. The molecule has 2 amide bonds. The molecule has 3 aromatic rings. The third-order valence-corrected chi connectivity index (χ3v) is 6.36. The van der Waals surface area contributed by atoms with E-state index in [1.165, 1.54) is 27.9 Å². The van der Waals surface area contributed by atoms with Crippen LogP contribution in [0.15, 0.2) is 54.9 Å². The van der Waals surface area contributed by atoms with Crippen LogP contribution < -0.4 is 10.9 Å². The minimum absolute atomic E-state index is 0.278. The lowest BCUT2D eigenvalue weighted by Crippen LogP contribution is -2.40. The summed E-state index contributed by atoms with van der Waals surface area (Å²) in [6, 6.07) is 12.0. The number of hydrazine groups is 1. The first-order valence-electron chi connectivity index (χ1n) is 10.0. The smallest absolute Gasteiger partial charge is 0.268 e. The second kappa shape index (κ2) is 9.09. The van der Waals surface area contributed by atoms with Crippen LogP contribution in [0.1, 0.15) is 44.6 Å². The Kier molecular flexibility index (Phi) is 6.09. The Hall–Kier alpha value is -3.19. The van der Waals surface area contributed by atoms with Gasteiger partial charge in [0, 0.05) is 22.7 Å². The quantitative estimate of drug-likeness (QED) is 0.489. The predicted octanol–water partition coefficient (Wildman–Crippen LogP) is 3.59. The molecule has 30 heavy (non-hydrogen) atoms. The first-order chi connectivity index (χ1) is 14.6. The van der Waals surface area contributed by atoms with Crippen LogP contribution >= 0.6 is 11.3 Å². The Labute approximate surface area is 179 Å². The van der Waals surface area contributed by atoms with Crippen LogP contribution in [0.4, 0.5) is 0 Å². The van der Waals surface area contributed by atoms with E-state index in [4.69, 9.17) is 0 Å². The van der Waals surface area contributed by atoms with E-state index in [1.807, 2.05) is 47.3 Å². The summed E-state index contributed by atoms with van der Waals surface area (Å²) in [7, 11) is 0. The number of carbonyl (C=O) groups excluding carboxylic acids is 2. The number of aryl methyl sites for hydroxylation is 1. The fraction of sp³-hybridized carbons (Fsp3) is 0.261. The zero-order chi connectivity index (χ0) is 20.9. The molecule has 1 aliphatic rings. The molecule has 1 aromatic carbocycles. The lowest BCUT2D eigenvalue weighted by molar-refractivity contribution is -0.117. The Balaban J connectivity index is 1.28. The molecule has 1 aliphatic carbocycles. The van der Waals surface area contributed by atoms with Gasteiger partial charge in [0.25, 0.3) is 11.8 Å². The average Bonchev–Trinajstić information content (AvgIpc) is 3.37. The Morgan fingerprint density at radius 3 is 2.93 bits per heavy atom. The fourth-order valence-electron chi connectivity index (χ4n) is 3.53. The van der Waals surface area contributed by atoms with E-state index in [0.717, 1.165) is 30.4 Å². The molecule has 2 aromatic heterocycles. The summed E-state index contributed by atoms with van der Waals surface area (Å²) in [5.41, 5.74) is 8.17. The number of benzene rings is 1. The summed E-state index contributed by atoms with van der Waals surface area (Å²) < 4.78 is 1.81. The van der Waals surface area contributed by atoms with E-state index in [-0.39, 0.29) is 5.91 Å². The summed E-state index contributed by atoms with van der Waals surface area (Å²) in [5, 5.41) is 4.31. The molecule has 0 aliphatic heterocycles. The lowest BCUT2D eigenvalue weighted by Gasteiger charge is -2.16. The number of thiophene rings is 1. The Morgan fingerprint density at radius 1 is 1.27 bits per heavy atom. The highest BCUT2D eigenvalue weighted by Crippen LogP contribution is 2.32. The topological polar surface area (TPSA) is 76.0 Å². The average molecular weight is 421 g/mol. The summed E-state index contributed by atoms with van der Waals surface area (Å²) in [5.74, 6) is -0.0153. The van der Waals surface area contributed by atoms with E-state index in [0.29, 0.717) is 17.3 Å². The van der Waals surface area contributed by atoms with Crippen molar-refractivity contribution in [3.63, 3.8) is 0 Å². The number of hydrogen-bond donors (Lipinski definition) is 2. The van der Waals surface area contributed by atoms with Gasteiger partial charge in [0.15, 0.2) is 0 Å². The molecule has 0 spiro atoms. The molecule has 2 heterocycles. The second-order valence-electron chi connectivity index (χ2n) is 7.64. The number of amides is 2. The molecule has 0 radical (unpaired) electrons. The van der Waals surface area contributed by atoms with Crippen LogP contribution in [-0.2, 0) is 24.2 Å². The van der Waals surface area contributed by atoms with Crippen molar-refractivity contribution in [2.75, 3.05) is 0 Å². The maximum atomic E-state index is 12.3. The van der Waals surface area contributed by atoms with Crippen molar-refractivity contribution in [1.29, 1.82) is 0 Å². The highest BCUT2D eigenvalue weighted by atomic mass is 32.1. The number of aromatic nitrogens is 2. The number of rotatable bonds is 5. The van der Waals surface area contributed by atoms with Crippen molar-refractivity contribution < 1.29 is 9.59 Å². The fourth-order valence-corrected chi connectivity index (χ4v) is 4.64. The number of hydrogen-bond acceptors (Lipinski definition) is 4. The zero-order valence-electron chi connectivity index (χ0n) is 16.8. The van der Waals surface area contributed by atoms with E-state index in [2.05, 4.69) is 22.9 Å². The van der Waals surface area contributed by atoms with Gasteiger partial charge in [-0.2, -0.15) is 5.10 Å². The van der Waals surface area contributed by atoms with Crippen molar-refractivity contribution in [2.24, 2.45) is 5.92 Å². The molecule has 1 atom stereocenters. The van der Waals surface area contributed by atoms with Crippen LogP contribution in [0.3, 0.4) is 0 Å². The summed E-state index contributed by atoms with van der Waals surface area (Å²) in [4.78, 5) is 26.3. The normalized spacial score (nSPS) is 15.7. The van der Waals surface area contributed by atoms with Crippen LogP contribution in [-0.4, -0.2) is 21.6 Å². The van der Waals surface area contributed by atoms with Crippen LogP contribution in [0.2, 0.25) is 0 Å². The van der Waals surface area contributed by atoms with E-state index in [1.54, 1.807) is 12.3 Å². The molecule has 2 N–H and O–H groups in total. The molecule has 0 fully saturated rings. The molecular weight excluding hydrogens is 396 g/mol. The molecular formula is C23H24N4O2S. The van der Waals surface area contributed by atoms with Gasteiger partial charge in [-0.15, -0.1) is 11.3 Å². The lowest BCUT2D eigenvalue weighted by atomic mass is 9.90. The van der Waals surface area contributed by atoms with E-state index >= 15 is 0 Å². The standard InChI is InChI=1S/C23H24N4O2S/c1-16-7-9-20-19(11-16)12-21(30-20)23(29)26-25-22(28)10-8-18-13-24-27(15-18)14-17-5-3-2-4-6-17/h2-6,8,10,12-13,15-16H,7,9,11,14H2,1H3,(H,25,28)(H,26,29)/b10-8+/t16-/m0/s1. The van der Waals surface area contributed by atoms with Gasteiger partial charge in [0.05, 0.1) is 17.6 Å². The Morgan fingerprint density at radius 2 is 2.10 bits per heavy atom. The highest BCUT2D eigenvalue weighted by molar-refractivity contribution is 7.14. The van der Waals surface area contributed by atoms with Gasteiger partial charge in [0.1, 0.15) is 0 Å². The van der Waals surface area contributed by atoms with Gasteiger partial charge in [0.2, 0.25) is 0 Å². The van der Waals surface area contributed by atoms with E-state index < -0.39 is 5.91 Å². The van der Waals surface area contributed by atoms with Gasteiger partial charge < -0.3 is 0 Å². The maximum absolute atomic E-state index is 12.3. The van der Waals surface area contributed by atoms with Gasteiger partial charge in [-0.3, -0.25) is 25.1 Å². The van der Waals surface area contributed by atoms with Crippen molar-refractivity contribution in [1.82, 2.24) is 20.6 Å². The molecule has 0 saturated heterocycles. The van der Waals surface area contributed by atoms with Crippen molar-refractivity contribution >= 4 is 29.2 Å². The molecule has 0 bridgehead atoms. The summed E-state index contributed by atoms with van der Waals surface area (Å²) >= 11 is 1.52. The number of nitrogens with one attached hydrogen (secondary N) is 2. The van der Waals surface area contributed by atoms with Gasteiger partial charge >= 0.3 is 0 Å². The monoisotopic (exact) mass is 420 g/mol. The van der Waals surface area contributed by atoms with Gasteiger partial charge in [-0.1, -0.05) is 37.3 Å². The second-order valence-corrected chi connectivity index (χ2v) is 8.78. The number of fused-ring (bicyclic) bond motifs is 1. The third kappa shape index (κ3) is 5.04. The maximum Gasteiger partial charge on any atom is 0.279 e. The Bertz CT molecular complexity index is 1070. The minimum Gasteiger partial charge on any atom is -0.268 e. The zero-order valence-corrected chi connectivity index (χ0v) is 17.6. The third-order valence-electron chi connectivity index (χ3n) is 5.12. The van der Waals surface area contributed by atoms with Crippen LogP contribution in [0.25, 0.3) is 6.08 Å². The van der Waals surface area contributed by atoms with E-state index in [9.17, 15) is 9.59 Å². The summed E-state index contributed by atoms with van der Waals surface area (Å²) in [6.45, 7) is 2.90. The predicted molar refractivity (Wildman–Crippen MR) is 118 cm³/mol. The number of carbonyl (C=O) groups is 2. The molecule has 4 rings (SSSR count). The minimum atomic E-state index is -0.394. The van der Waals surface area contributed by atoms with Crippen molar-refractivity contribution in [3.05, 3.63) is 81.3 Å².